The first-order chi connectivity index (χ1) is 11.7. The maximum Gasteiger partial charge on any atom is 0.251 e. The van der Waals surface area contributed by atoms with Crippen LogP contribution in [0.3, 0.4) is 0 Å². The highest BCUT2D eigenvalue weighted by Gasteiger charge is 2.26. The van der Waals surface area contributed by atoms with Crippen LogP contribution in [0.15, 0.2) is 30.3 Å². The number of aryl methyl sites for hydroxylation is 1. The zero-order valence-corrected chi connectivity index (χ0v) is 13.9. The van der Waals surface area contributed by atoms with E-state index < -0.39 is 0 Å². The monoisotopic (exact) mass is 323 g/mol. The molecule has 2 heterocycles. The van der Waals surface area contributed by atoms with Crippen molar-refractivity contribution < 1.29 is 14.3 Å². The molecular weight excluding hydrogens is 302 g/mol. The number of benzene rings is 2. The average molecular weight is 323 g/mol. The molecule has 0 atom stereocenters. The van der Waals surface area contributed by atoms with Crippen LogP contribution < -0.4 is 14.8 Å². The minimum absolute atomic E-state index is 0.0190. The van der Waals surface area contributed by atoms with E-state index in [0.29, 0.717) is 6.54 Å². The van der Waals surface area contributed by atoms with Gasteiger partial charge in [-0.15, -0.1) is 0 Å². The molecule has 1 amide bonds. The van der Waals surface area contributed by atoms with E-state index in [0.717, 1.165) is 55.1 Å². The molecule has 0 bridgehead atoms. The predicted molar refractivity (Wildman–Crippen MR) is 92.1 cm³/mol. The van der Waals surface area contributed by atoms with Crippen molar-refractivity contribution in [2.24, 2.45) is 0 Å². The summed E-state index contributed by atoms with van der Waals surface area (Å²) in [7, 11) is 0. The van der Waals surface area contributed by atoms with Crippen molar-refractivity contribution >= 4 is 5.91 Å². The molecule has 2 aliphatic rings. The molecule has 2 aliphatic heterocycles. The van der Waals surface area contributed by atoms with Gasteiger partial charge in [-0.05, 0) is 31.0 Å². The lowest BCUT2D eigenvalue weighted by Gasteiger charge is -2.13. The van der Waals surface area contributed by atoms with Crippen LogP contribution in [0.2, 0.25) is 0 Å². The summed E-state index contributed by atoms with van der Waals surface area (Å²) in [5.41, 5.74) is 5.42. The molecule has 0 radical (unpaired) electrons. The third kappa shape index (κ3) is 2.62. The summed E-state index contributed by atoms with van der Waals surface area (Å²) in [4.78, 5) is 12.4. The second kappa shape index (κ2) is 6.19. The molecule has 0 spiro atoms. The molecule has 4 nitrogen and oxygen atoms in total. The number of ether oxygens (including phenoxy) is 2. The zero-order valence-electron chi connectivity index (χ0n) is 13.9. The molecule has 4 heteroatoms. The Morgan fingerprint density at radius 2 is 2.00 bits per heavy atom. The Morgan fingerprint density at radius 1 is 1.17 bits per heavy atom. The summed E-state index contributed by atoms with van der Waals surface area (Å²) >= 11 is 0. The highest BCUT2D eigenvalue weighted by atomic mass is 16.5. The van der Waals surface area contributed by atoms with Gasteiger partial charge in [0.05, 0.1) is 13.2 Å². The van der Waals surface area contributed by atoms with E-state index >= 15 is 0 Å². The average Bonchev–Trinajstić information content (AvgIpc) is 3.23. The lowest BCUT2D eigenvalue weighted by atomic mass is 9.97. The molecule has 0 aliphatic carbocycles. The molecule has 4 rings (SSSR count). The van der Waals surface area contributed by atoms with Gasteiger partial charge in [-0.2, -0.15) is 0 Å². The molecule has 0 fully saturated rings. The summed E-state index contributed by atoms with van der Waals surface area (Å²) in [5.74, 6) is 2.00. The highest BCUT2D eigenvalue weighted by molar-refractivity contribution is 5.95. The van der Waals surface area contributed by atoms with Crippen molar-refractivity contribution in [2.75, 3.05) is 19.8 Å². The molecule has 0 unspecified atom stereocenters. The second-order valence-corrected chi connectivity index (χ2v) is 6.34. The lowest BCUT2D eigenvalue weighted by molar-refractivity contribution is 0.0953. The van der Waals surface area contributed by atoms with E-state index in [9.17, 15) is 4.79 Å². The number of carbonyl (C=O) groups excluding carboxylic acids is 1. The van der Waals surface area contributed by atoms with Crippen LogP contribution in [0.1, 0.15) is 32.6 Å². The van der Waals surface area contributed by atoms with E-state index in [1.165, 1.54) is 16.7 Å². The molecular formula is C20H21NO3. The fourth-order valence-corrected chi connectivity index (χ4v) is 3.57. The van der Waals surface area contributed by atoms with Crippen molar-refractivity contribution in [1.82, 2.24) is 5.32 Å². The molecule has 24 heavy (non-hydrogen) atoms. The Bertz CT molecular complexity index is 765. The first-order valence-corrected chi connectivity index (χ1v) is 8.51. The standard InChI is InChI=1S/C20H21NO3/c1-13-4-2-3-5-15(13)20(22)21-9-6-17-16-8-11-23-18(16)12-14-7-10-24-19(14)17/h2-5,12H,6-11H2,1H3,(H,21,22). The van der Waals surface area contributed by atoms with Gasteiger partial charge in [0.25, 0.3) is 5.91 Å². The van der Waals surface area contributed by atoms with Crippen LogP contribution in [-0.4, -0.2) is 25.7 Å². The van der Waals surface area contributed by atoms with Crippen molar-refractivity contribution in [3.05, 3.63) is 58.1 Å². The van der Waals surface area contributed by atoms with Crippen LogP contribution in [0.5, 0.6) is 11.5 Å². The van der Waals surface area contributed by atoms with Gasteiger partial charge < -0.3 is 14.8 Å². The fourth-order valence-electron chi connectivity index (χ4n) is 3.57. The summed E-state index contributed by atoms with van der Waals surface area (Å²) in [6.45, 7) is 4.03. The van der Waals surface area contributed by atoms with Crippen molar-refractivity contribution in [2.45, 2.75) is 26.2 Å². The van der Waals surface area contributed by atoms with Gasteiger partial charge in [0.1, 0.15) is 11.5 Å². The van der Waals surface area contributed by atoms with Gasteiger partial charge in [-0.1, -0.05) is 18.2 Å². The molecule has 0 aromatic heterocycles. The summed E-state index contributed by atoms with van der Waals surface area (Å²) in [6.07, 6.45) is 2.63. The number of fused-ring (bicyclic) bond motifs is 2. The highest BCUT2D eigenvalue weighted by Crippen LogP contribution is 2.40. The number of carbonyl (C=O) groups is 1. The van der Waals surface area contributed by atoms with Crippen LogP contribution in [0, 0.1) is 6.92 Å². The second-order valence-electron chi connectivity index (χ2n) is 6.34. The molecule has 2 aromatic rings. The van der Waals surface area contributed by atoms with Gasteiger partial charge in [-0.25, -0.2) is 0 Å². The minimum atomic E-state index is -0.0190. The SMILES string of the molecule is Cc1ccccc1C(=O)NCCc1c2c(cc3c1OCC3)OCC2. The summed E-state index contributed by atoms with van der Waals surface area (Å²) in [6, 6.07) is 9.78. The Morgan fingerprint density at radius 3 is 2.88 bits per heavy atom. The number of hydrogen-bond donors (Lipinski definition) is 1. The Labute approximate surface area is 141 Å². The maximum absolute atomic E-state index is 12.4. The van der Waals surface area contributed by atoms with E-state index in [4.69, 9.17) is 9.47 Å². The molecule has 1 N–H and O–H groups in total. The fraction of sp³-hybridized carbons (Fsp3) is 0.350. The lowest BCUT2D eigenvalue weighted by Crippen LogP contribution is -2.26. The zero-order chi connectivity index (χ0) is 16.5. The van der Waals surface area contributed by atoms with Crippen molar-refractivity contribution in [1.29, 1.82) is 0 Å². The van der Waals surface area contributed by atoms with E-state index in [1.54, 1.807) is 0 Å². The minimum Gasteiger partial charge on any atom is -0.493 e. The first kappa shape index (κ1) is 15.1. The van der Waals surface area contributed by atoms with Crippen molar-refractivity contribution in [3.63, 3.8) is 0 Å². The van der Waals surface area contributed by atoms with E-state index in [-0.39, 0.29) is 5.91 Å². The van der Waals surface area contributed by atoms with Gasteiger partial charge >= 0.3 is 0 Å². The maximum atomic E-state index is 12.4. The quantitative estimate of drug-likeness (QED) is 0.941. The molecule has 0 saturated carbocycles. The Kier molecular flexibility index (Phi) is 3.89. The summed E-state index contributed by atoms with van der Waals surface area (Å²) in [5, 5.41) is 3.04. The van der Waals surface area contributed by atoms with Gasteiger partial charge in [-0.3, -0.25) is 4.79 Å². The van der Waals surface area contributed by atoms with Crippen LogP contribution >= 0.6 is 0 Å². The third-order valence-electron chi connectivity index (χ3n) is 4.81. The largest absolute Gasteiger partial charge is 0.493 e. The molecule has 124 valence electrons. The van der Waals surface area contributed by atoms with Gasteiger partial charge in [0, 0.05) is 41.6 Å². The van der Waals surface area contributed by atoms with E-state index in [1.807, 2.05) is 31.2 Å². The van der Waals surface area contributed by atoms with E-state index in [2.05, 4.69) is 11.4 Å². The van der Waals surface area contributed by atoms with Gasteiger partial charge in [0.15, 0.2) is 0 Å². The Balaban J connectivity index is 1.49. The predicted octanol–water partition coefficient (Wildman–Crippen LogP) is 2.84. The smallest absolute Gasteiger partial charge is 0.251 e. The van der Waals surface area contributed by atoms with Crippen LogP contribution in [0.25, 0.3) is 0 Å². The summed E-state index contributed by atoms with van der Waals surface area (Å²) < 4.78 is 11.6. The van der Waals surface area contributed by atoms with Crippen LogP contribution in [0.4, 0.5) is 0 Å². The topological polar surface area (TPSA) is 47.6 Å². The normalized spacial score (nSPS) is 14.5. The molecule has 0 saturated heterocycles. The molecule has 2 aromatic carbocycles. The number of amides is 1. The van der Waals surface area contributed by atoms with Gasteiger partial charge in [0.2, 0.25) is 0 Å². The number of hydrogen-bond acceptors (Lipinski definition) is 3. The van der Waals surface area contributed by atoms with Crippen molar-refractivity contribution in [3.8, 4) is 11.5 Å². The van der Waals surface area contributed by atoms with Crippen LogP contribution in [-0.2, 0) is 19.3 Å². The number of nitrogens with one attached hydrogen (secondary N) is 1. The Hall–Kier alpha value is -2.49. The third-order valence-corrected chi connectivity index (χ3v) is 4.81. The number of rotatable bonds is 4. The first-order valence-electron chi connectivity index (χ1n) is 8.51.